The predicted octanol–water partition coefficient (Wildman–Crippen LogP) is 5.17. The fraction of sp³-hybridized carbons (Fsp3) is 0.308. The van der Waals surface area contributed by atoms with Gasteiger partial charge in [0.05, 0.1) is 47.8 Å². The van der Waals surface area contributed by atoms with Gasteiger partial charge in [0.2, 0.25) is 10.0 Å². The zero-order chi connectivity index (χ0) is 27.6. The Labute approximate surface area is 224 Å². The molecule has 4 aromatic rings. The molecule has 0 radical (unpaired) electrons. The number of halogens is 1. The molecule has 0 saturated carbocycles. The van der Waals surface area contributed by atoms with Gasteiger partial charge in [0.25, 0.3) is 0 Å². The third kappa shape index (κ3) is 5.18. The van der Waals surface area contributed by atoms with Gasteiger partial charge < -0.3 is 19.1 Å². The number of aromatic nitrogens is 2. The maximum atomic E-state index is 14.8. The number of methoxy groups -OCH3 is 1. The second-order valence-corrected chi connectivity index (χ2v) is 11.6. The predicted molar refractivity (Wildman–Crippen MR) is 146 cm³/mol. The molecule has 0 fully saturated rings. The van der Waals surface area contributed by atoms with Gasteiger partial charge in [-0.2, -0.15) is 0 Å². The number of rotatable bonds is 11. The zero-order valence-corrected chi connectivity index (χ0v) is 23.0. The van der Waals surface area contributed by atoms with Crippen molar-refractivity contribution in [2.75, 3.05) is 30.3 Å². The van der Waals surface area contributed by atoms with Crippen molar-refractivity contribution in [2.45, 2.75) is 27.3 Å². The smallest absolute Gasteiger partial charge is 0.349 e. The van der Waals surface area contributed by atoms with E-state index in [1.807, 2.05) is 13.0 Å². The van der Waals surface area contributed by atoms with E-state index in [1.165, 1.54) is 23.7 Å². The summed E-state index contributed by atoms with van der Waals surface area (Å²) in [7, 11) is -2.21. The molecule has 0 unspecified atom stereocenters. The van der Waals surface area contributed by atoms with Crippen LogP contribution in [-0.2, 0) is 16.6 Å². The number of hydrogen-bond acceptors (Lipinski definition) is 7. The molecule has 3 aromatic heterocycles. The van der Waals surface area contributed by atoms with Crippen LogP contribution >= 0.6 is 11.3 Å². The highest BCUT2D eigenvalue weighted by Gasteiger charge is 2.24. The molecule has 12 heteroatoms. The highest BCUT2D eigenvalue weighted by molar-refractivity contribution is 7.92. The number of sulfonamides is 1. The van der Waals surface area contributed by atoms with Crippen LogP contribution in [0.2, 0.25) is 0 Å². The van der Waals surface area contributed by atoms with Crippen LogP contribution in [0.4, 0.5) is 10.1 Å². The number of aryl methyl sites for hydroxylation is 1. The summed E-state index contributed by atoms with van der Waals surface area (Å²) < 4.78 is 55.0. The normalized spacial score (nSPS) is 11.6. The largest absolute Gasteiger partial charge is 0.496 e. The maximum Gasteiger partial charge on any atom is 0.349 e. The molecule has 0 saturated heterocycles. The number of carboxylic acid groups (broad SMARTS) is 1. The highest BCUT2D eigenvalue weighted by Crippen LogP contribution is 2.37. The second kappa shape index (κ2) is 11.0. The Kier molecular flexibility index (Phi) is 7.93. The first-order chi connectivity index (χ1) is 18.1. The van der Waals surface area contributed by atoms with Crippen LogP contribution in [0.1, 0.15) is 29.2 Å². The third-order valence-electron chi connectivity index (χ3n) is 6.10. The summed E-state index contributed by atoms with van der Waals surface area (Å²) in [4.78, 5) is 16.6. The number of carboxylic acids is 1. The van der Waals surface area contributed by atoms with Crippen LogP contribution in [0, 0.1) is 12.7 Å². The van der Waals surface area contributed by atoms with Gasteiger partial charge in [-0.15, -0.1) is 11.3 Å². The first-order valence-electron chi connectivity index (χ1n) is 11.9. The number of aromatic carboxylic acids is 1. The number of hydrogen-bond donors (Lipinski definition) is 1. The summed E-state index contributed by atoms with van der Waals surface area (Å²) in [5, 5.41) is 10.1. The first kappa shape index (κ1) is 27.4. The molecule has 3 heterocycles. The number of anilines is 1. The minimum absolute atomic E-state index is 0.0376. The molecule has 9 nitrogen and oxygen atoms in total. The van der Waals surface area contributed by atoms with Gasteiger partial charge in [-0.1, -0.05) is 0 Å². The summed E-state index contributed by atoms with van der Waals surface area (Å²) in [5.74, 6) is -0.924. The average Bonchev–Trinajstić information content (AvgIpc) is 3.46. The molecule has 0 amide bonds. The van der Waals surface area contributed by atoms with E-state index in [2.05, 4.69) is 4.98 Å². The fourth-order valence-corrected chi connectivity index (χ4v) is 6.32. The SMILES string of the molecule is CCOc1cc(-c2cc(N(CCn3c(C)cc4c(OC)ccc(F)c43)S(=O)(=O)CC)ccn2)sc1C(=O)O. The van der Waals surface area contributed by atoms with Crippen LogP contribution in [-0.4, -0.2) is 55.1 Å². The number of benzene rings is 1. The van der Waals surface area contributed by atoms with E-state index in [0.29, 0.717) is 39.5 Å². The number of pyridine rings is 1. The monoisotopic (exact) mass is 561 g/mol. The van der Waals surface area contributed by atoms with Gasteiger partial charge in [-0.05, 0) is 51.1 Å². The Morgan fingerprint density at radius 2 is 1.95 bits per heavy atom. The first-order valence-corrected chi connectivity index (χ1v) is 14.3. The van der Waals surface area contributed by atoms with E-state index < -0.39 is 21.8 Å². The number of carbonyl (C=O) groups is 1. The zero-order valence-electron chi connectivity index (χ0n) is 21.4. The molecular formula is C26H28FN3O6S2. The van der Waals surface area contributed by atoms with Gasteiger partial charge in [0.15, 0.2) is 4.88 Å². The average molecular weight is 562 g/mol. The molecule has 202 valence electrons. The van der Waals surface area contributed by atoms with Gasteiger partial charge in [-0.25, -0.2) is 17.6 Å². The van der Waals surface area contributed by atoms with Crippen molar-refractivity contribution in [3.05, 3.63) is 59.0 Å². The van der Waals surface area contributed by atoms with Crippen molar-refractivity contribution in [3.63, 3.8) is 0 Å². The molecule has 38 heavy (non-hydrogen) atoms. The summed E-state index contributed by atoms with van der Waals surface area (Å²) >= 11 is 1.00. The van der Waals surface area contributed by atoms with Crippen LogP contribution < -0.4 is 13.8 Å². The molecule has 4 rings (SSSR count). The standard InChI is InChI=1S/C26H28FN3O6S2/c1-5-36-22-15-23(37-25(22)26(31)32)20-14-17(9-10-28-20)30(38(33,34)6-2)12-11-29-16(3)13-18-21(35-4)8-7-19(27)24(18)29/h7-10,13-15H,5-6,11-12H2,1-4H3,(H,31,32). The summed E-state index contributed by atoms with van der Waals surface area (Å²) in [6.07, 6.45) is 1.48. The summed E-state index contributed by atoms with van der Waals surface area (Å²) in [5.41, 5.74) is 1.88. The van der Waals surface area contributed by atoms with E-state index in [0.717, 1.165) is 17.0 Å². The Morgan fingerprint density at radius 1 is 1.18 bits per heavy atom. The fourth-order valence-electron chi connectivity index (χ4n) is 4.30. The van der Waals surface area contributed by atoms with E-state index in [-0.39, 0.29) is 29.5 Å². The lowest BCUT2D eigenvalue weighted by molar-refractivity contribution is 0.0698. The third-order valence-corrected chi connectivity index (χ3v) is 9.02. The second-order valence-electron chi connectivity index (χ2n) is 8.36. The minimum atomic E-state index is -3.72. The Morgan fingerprint density at radius 3 is 2.61 bits per heavy atom. The van der Waals surface area contributed by atoms with E-state index >= 15 is 0 Å². The minimum Gasteiger partial charge on any atom is -0.496 e. The molecule has 0 aliphatic rings. The van der Waals surface area contributed by atoms with E-state index in [1.54, 1.807) is 42.7 Å². The molecule has 0 aliphatic carbocycles. The topological polar surface area (TPSA) is 111 Å². The van der Waals surface area contributed by atoms with Crippen molar-refractivity contribution >= 4 is 43.9 Å². The number of fused-ring (bicyclic) bond motifs is 1. The van der Waals surface area contributed by atoms with Gasteiger partial charge in [-0.3, -0.25) is 9.29 Å². The van der Waals surface area contributed by atoms with Crippen molar-refractivity contribution in [1.29, 1.82) is 0 Å². The number of nitrogens with zero attached hydrogens (tertiary/aromatic N) is 3. The quantitative estimate of drug-likeness (QED) is 0.269. The van der Waals surface area contributed by atoms with Gasteiger partial charge in [0, 0.05) is 29.9 Å². The van der Waals surface area contributed by atoms with Gasteiger partial charge in [0.1, 0.15) is 17.3 Å². The lowest BCUT2D eigenvalue weighted by Crippen LogP contribution is -2.35. The molecular weight excluding hydrogens is 533 g/mol. The van der Waals surface area contributed by atoms with Crippen molar-refractivity contribution in [1.82, 2.24) is 9.55 Å². The van der Waals surface area contributed by atoms with Crippen LogP contribution in [0.5, 0.6) is 11.5 Å². The molecule has 0 spiro atoms. The van der Waals surface area contributed by atoms with Crippen molar-refractivity contribution in [3.8, 4) is 22.1 Å². The molecule has 1 aromatic carbocycles. The van der Waals surface area contributed by atoms with Gasteiger partial charge >= 0.3 is 5.97 Å². The summed E-state index contributed by atoms with van der Waals surface area (Å²) in [6, 6.07) is 9.47. The summed E-state index contributed by atoms with van der Waals surface area (Å²) in [6.45, 7) is 5.66. The lowest BCUT2D eigenvalue weighted by atomic mass is 10.2. The van der Waals surface area contributed by atoms with Crippen LogP contribution in [0.3, 0.4) is 0 Å². The Hall–Kier alpha value is -3.64. The van der Waals surface area contributed by atoms with Crippen LogP contribution in [0.25, 0.3) is 21.5 Å². The molecule has 0 atom stereocenters. The molecule has 0 bridgehead atoms. The number of thiophene rings is 1. The van der Waals surface area contributed by atoms with Crippen molar-refractivity contribution in [2.24, 2.45) is 0 Å². The van der Waals surface area contributed by atoms with E-state index in [9.17, 15) is 22.7 Å². The highest BCUT2D eigenvalue weighted by atomic mass is 32.2. The van der Waals surface area contributed by atoms with Crippen molar-refractivity contribution < 1.29 is 32.2 Å². The number of ether oxygens (including phenoxy) is 2. The maximum absolute atomic E-state index is 14.8. The Balaban J connectivity index is 1.72. The van der Waals surface area contributed by atoms with E-state index in [4.69, 9.17) is 9.47 Å². The Bertz CT molecular complexity index is 1600. The molecule has 1 N–H and O–H groups in total. The molecule has 0 aliphatic heterocycles. The lowest BCUT2D eigenvalue weighted by Gasteiger charge is -2.25. The van der Waals surface area contributed by atoms with Crippen LogP contribution in [0.15, 0.2) is 42.6 Å².